The van der Waals surface area contributed by atoms with E-state index in [4.69, 9.17) is 9.47 Å². The number of nitrogens with zero attached hydrogens (tertiary/aromatic N) is 1. The predicted octanol–water partition coefficient (Wildman–Crippen LogP) is 2.13. The molecule has 126 valence electrons. The first-order chi connectivity index (χ1) is 11.8. The molecule has 1 aromatic carbocycles. The van der Waals surface area contributed by atoms with E-state index < -0.39 is 6.10 Å². The highest BCUT2D eigenvalue weighted by Gasteiger charge is 2.27. The molecule has 1 aliphatic heterocycles. The van der Waals surface area contributed by atoms with Crippen LogP contribution in [0.2, 0.25) is 0 Å². The fourth-order valence-electron chi connectivity index (χ4n) is 3.31. The SMILES string of the molecule is O=C(NCc1n[nH]c2c1CCCCC2)[C@H]1COc2ccccc2O1. The number of carbonyl (C=O) groups excluding carboxylic acids is 1. The van der Waals surface area contributed by atoms with E-state index >= 15 is 0 Å². The Bertz CT molecular complexity index is 741. The lowest BCUT2D eigenvalue weighted by atomic mass is 10.1. The summed E-state index contributed by atoms with van der Waals surface area (Å²) in [4.78, 5) is 12.4. The van der Waals surface area contributed by atoms with Gasteiger partial charge in [-0.25, -0.2) is 0 Å². The fraction of sp³-hybridized carbons (Fsp3) is 0.444. The predicted molar refractivity (Wildman–Crippen MR) is 88.0 cm³/mol. The van der Waals surface area contributed by atoms with Gasteiger partial charge in [0, 0.05) is 5.69 Å². The van der Waals surface area contributed by atoms with Gasteiger partial charge < -0.3 is 14.8 Å². The molecule has 0 unspecified atom stereocenters. The summed E-state index contributed by atoms with van der Waals surface area (Å²) in [5.41, 5.74) is 3.44. The molecule has 0 bridgehead atoms. The summed E-state index contributed by atoms with van der Waals surface area (Å²) in [5, 5.41) is 10.4. The second-order valence-electron chi connectivity index (χ2n) is 6.27. The second kappa shape index (κ2) is 6.55. The molecule has 2 aromatic rings. The molecule has 1 aliphatic carbocycles. The summed E-state index contributed by atoms with van der Waals surface area (Å²) >= 11 is 0. The van der Waals surface area contributed by atoms with Crippen LogP contribution in [0.5, 0.6) is 11.5 Å². The molecule has 2 heterocycles. The largest absolute Gasteiger partial charge is 0.485 e. The van der Waals surface area contributed by atoms with Gasteiger partial charge in [-0.1, -0.05) is 18.6 Å². The van der Waals surface area contributed by atoms with E-state index in [0.717, 1.165) is 18.5 Å². The van der Waals surface area contributed by atoms with Crippen LogP contribution in [0.4, 0.5) is 0 Å². The fourth-order valence-corrected chi connectivity index (χ4v) is 3.31. The lowest BCUT2D eigenvalue weighted by molar-refractivity contribution is -0.130. The number of rotatable bonds is 3. The number of carbonyl (C=O) groups is 1. The first-order valence-corrected chi connectivity index (χ1v) is 8.52. The third-order valence-corrected chi connectivity index (χ3v) is 4.62. The maximum Gasteiger partial charge on any atom is 0.265 e. The molecule has 6 nitrogen and oxygen atoms in total. The van der Waals surface area contributed by atoms with Gasteiger partial charge in [0.2, 0.25) is 6.10 Å². The number of fused-ring (bicyclic) bond motifs is 2. The van der Waals surface area contributed by atoms with Gasteiger partial charge >= 0.3 is 0 Å². The average molecular weight is 327 g/mol. The Balaban J connectivity index is 1.38. The van der Waals surface area contributed by atoms with Crippen molar-refractivity contribution in [1.82, 2.24) is 15.5 Å². The van der Waals surface area contributed by atoms with Crippen LogP contribution in [0.3, 0.4) is 0 Å². The summed E-state index contributed by atoms with van der Waals surface area (Å²) in [7, 11) is 0. The molecule has 6 heteroatoms. The quantitative estimate of drug-likeness (QED) is 0.847. The van der Waals surface area contributed by atoms with Crippen molar-refractivity contribution in [2.24, 2.45) is 0 Å². The third-order valence-electron chi connectivity index (χ3n) is 4.62. The molecule has 2 aliphatic rings. The smallest absolute Gasteiger partial charge is 0.265 e. The Morgan fingerprint density at radius 2 is 2.04 bits per heavy atom. The second-order valence-corrected chi connectivity index (χ2v) is 6.27. The molecule has 0 fully saturated rings. The van der Waals surface area contributed by atoms with Crippen LogP contribution in [0, 0.1) is 0 Å². The monoisotopic (exact) mass is 327 g/mol. The zero-order valence-electron chi connectivity index (χ0n) is 13.5. The number of para-hydroxylation sites is 2. The highest BCUT2D eigenvalue weighted by atomic mass is 16.6. The Morgan fingerprint density at radius 1 is 1.21 bits per heavy atom. The van der Waals surface area contributed by atoms with E-state index in [1.165, 1.54) is 30.5 Å². The minimum atomic E-state index is -0.627. The number of aromatic amines is 1. The van der Waals surface area contributed by atoms with Crippen LogP contribution >= 0.6 is 0 Å². The molecule has 0 saturated heterocycles. The van der Waals surface area contributed by atoms with E-state index in [2.05, 4.69) is 15.5 Å². The van der Waals surface area contributed by atoms with E-state index in [9.17, 15) is 4.79 Å². The van der Waals surface area contributed by atoms with Crippen molar-refractivity contribution in [3.63, 3.8) is 0 Å². The van der Waals surface area contributed by atoms with Gasteiger partial charge in [-0.15, -0.1) is 0 Å². The summed E-state index contributed by atoms with van der Waals surface area (Å²) in [6.45, 7) is 0.647. The van der Waals surface area contributed by atoms with Crippen LogP contribution < -0.4 is 14.8 Å². The number of amides is 1. The molecule has 1 atom stereocenters. The molecular weight excluding hydrogens is 306 g/mol. The van der Waals surface area contributed by atoms with Crippen molar-refractivity contribution in [3.05, 3.63) is 41.2 Å². The highest BCUT2D eigenvalue weighted by Crippen LogP contribution is 2.30. The molecule has 24 heavy (non-hydrogen) atoms. The van der Waals surface area contributed by atoms with Crippen LogP contribution in [-0.2, 0) is 24.2 Å². The van der Waals surface area contributed by atoms with Crippen molar-refractivity contribution in [2.45, 2.75) is 44.8 Å². The maximum atomic E-state index is 12.4. The van der Waals surface area contributed by atoms with Gasteiger partial charge in [0.1, 0.15) is 6.61 Å². The number of nitrogens with one attached hydrogen (secondary N) is 2. The van der Waals surface area contributed by atoms with Crippen molar-refractivity contribution in [1.29, 1.82) is 0 Å². The van der Waals surface area contributed by atoms with Crippen LogP contribution in [0.25, 0.3) is 0 Å². The van der Waals surface area contributed by atoms with E-state index in [-0.39, 0.29) is 12.5 Å². The zero-order chi connectivity index (χ0) is 16.4. The summed E-state index contributed by atoms with van der Waals surface area (Å²) in [6.07, 6.45) is 5.09. The Labute approximate surface area is 140 Å². The number of hydrogen-bond acceptors (Lipinski definition) is 4. The molecule has 1 aromatic heterocycles. The van der Waals surface area contributed by atoms with Gasteiger partial charge in [-0.2, -0.15) is 5.10 Å². The molecular formula is C18H21N3O3. The first kappa shape index (κ1) is 15.1. The van der Waals surface area contributed by atoms with Gasteiger partial charge in [-0.3, -0.25) is 9.89 Å². The zero-order valence-corrected chi connectivity index (χ0v) is 13.5. The van der Waals surface area contributed by atoms with Crippen molar-refractivity contribution < 1.29 is 14.3 Å². The van der Waals surface area contributed by atoms with Gasteiger partial charge in [0.05, 0.1) is 12.2 Å². The number of aromatic nitrogens is 2. The van der Waals surface area contributed by atoms with Gasteiger partial charge in [0.25, 0.3) is 5.91 Å². The summed E-state index contributed by atoms with van der Waals surface area (Å²) < 4.78 is 11.3. The molecule has 4 rings (SSSR count). The van der Waals surface area contributed by atoms with Crippen LogP contribution in [0.1, 0.15) is 36.2 Å². The average Bonchev–Trinajstić information content (AvgIpc) is 2.85. The number of benzene rings is 1. The third kappa shape index (κ3) is 2.96. The Hall–Kier alpha value is -2.50. The van der Waals surface area contributed by atoms with Gasteiger partial charge in [0.15, 0.2) is 11.5 Å². The van der Waals surface area contributed by atoms with Gasteiger partial charge in [-0.05, 0) is 43.4 Å². The normalized spacial score (nSPS) is 19.2. The maximum absolute atomic E-state index is 12.4. The molecule has 0 radical (unpaired) electrons. The van der Waals surface area contributed by atoms with Crippen molar-refractivity contribution >= 4 is 5.91 Å². The Kier molecular flexibility index (Phi) is 4.11. The topological polar surface area (TPSA) is 76.2 Å². The molecule has 0 spiro atoms. The minimum Gasteiger partial charge on any atom is -0.485 e. The van der Waals surface area contributed by atoms with Crippen molar-refractivity contribution in [2.75, 3.05) is 6.61 Å². The van der Waals surface area contributed by atoms with E-state index in [0.29, 0.717) is 18.0 Å². The number of ether oxygens (including phenoxy) is 2. The summed E-state index contributed by atoms with van der Waals surface area (Å²) in [5.74, 6) is 1.12. The van der Waals surface area contributed by atoms with E-state index in [1.54, 1.807) is 0 Å². The lowest BCUT2D eigenvalue weighted by Crippen LogP contribution is -2.43. The number of H-pyrrole nitrogens is 1. The van der Waals surface area contributed by atoms with Crippen molar-refractivity contribution in [3.8, 4) is 11.5 Å². The standard InChI is InChI=1S/C18H21N3O3/c22-18(17-11-23-15-8-4-5-9-16(15)24-17)19-10-14-12-6-2-1-3-7-13(12)20-21-14/h4-5,8-9,17H,1-3,6-7,10-11H2,(H,19,22)(H,20,21)/t17-/m1/s1. The Morgan fingerprint density at radius 3 is 2.96 bits per heavy atom. The van der Waals surface area contributed by atoms with Crippen LogP contribution in [-0.4, -0.2) is 28.8 Å². The van der Waals surface area contributed by atoms with Crippen LogP contribution in [0.15, 0.2) is 24.3 Å². The summed E-state index contributed by atoms with van der Waals surface area (Å²) in [6, 6.07) is 7.39. The molecule has 0 saturated carbocycles. The molecule has 1 amide bonds. The highest BCUT2D eigenvalue weighted by molar-refractivity contribution is 5.81. The number of hydrogen-bond donors (Lipinski definition) is 2. The van der Waals surface area contributed by atoms with E-state index in [1.807, 2.05) is 24.3 Å². The first-order valence-electron chi connectivity index (χ1n) is 8.52. The lowest BCUT2D eigenvalue weighted by Gasteiger charge is -2.25. The minimum absolute atomic E-state index is 0.171. The number of aryl methyl sites for hydroxylation is 1. The molecule has 2 N–H and O–H groups in total.